The molecule has 0 aromatic heterocycles. The average Bonchev–Trinajstić information content (AvgIpc) is 2.37. The van der Waals surface area contributed by atoms with Crippen LogP contribution in [0.5, 0.6) is 0 Å². The summed E-state index contributed by atoms with van der Waals surface area (Å²) in [6, 6.07) is -0.0893. The van der Waals surface area contributed by atoms with Crippen LogP contribution in [0.3, 0.4) is 0 Å². The monoisotopic (exact) mass is 296 g/mol. The number of carbonyl (C=O) groups is 1. The minimum Gasteiger partial charge on any atom is -0.382 e. The molecule has 1 rings (SSSR count). The van der Waals surface area contributed by atoms with Crippen LogP contribution >= 0.6 is 0 Å². The molecule has 0 aromatic rings. The summed E-state index contributed by atoms with van der Waals surface area (Å²) in [5.74, 6) is 0.148. The van der Waals surface area contributed by atoms with Gasteiger partial charge < -0.3 is 21.1 Å². The van der Waals surface area contributed by atoms with Crippen molar-refractivity contribution in [2.75, 3.05) is 19.6 Å². The molecule has 0 radical (unpaired) electrons. The largest absolute Gasteiger partial charge is 0.416 e. The Balaban J connectivity index is 2.52. The molecule has 0 aliphatic carbocycles. The number of carbonyl (C=O) groups excluding carboxylic acids is 1. The Labute approximate surface area is 114 Å². The van der Waals surface area contributed by atoms with E-state index in [-0.39, 0.29) is 17.9 Å². The van der Waals surface area contributed by atoms with E-state index in [0.717, 1.165) is 0 Å². The van der Waals surface area contributed by atoms with Gasteiger partial charge >= 0.3 is 6.18 Å². The number of halogens is 3. The van der Waals surface area contributed by atoms with Gasteiger partial charge in [-0.1, -0.05) is 0 Å². The highest BCUT2D eigenvalue weighted by Gasteiger charge is 2.38. The Hall–Kier alpha value is -1.51. The first-order chi connectivity index (χ1) is 9.32. The molecule has 20 heavy (non-hydrogen) atoms. The summed E-state index contributed by atoms with van der Waals surface area (Å²) in [6.45, 7) is 1.88. The fourth-order valence-corrected chi connectivity index (χ4v) is 1.65. The van der Waals surface area contributed by atoms with Crippen LogP contribution in [-0.2, 0) is 4.79 Å². The van der Waals surface area contributed by atoms with Crippen molar-refractivity contribution < 1.29 is 23.1 Å². The van der Waals surface area contributed by atoms with E-state index in [9.17, 15) is 18.0 Å². The predicted molar refractivity (Wildman–Crippen MR) is 67.2 cm³/mol. The smallest absolute Gasteiger partial charge is 0.382 e. The van der Waals surface area contributed by atoms with Gasteiger partial charge in [0.25, 0.3) is 0 Å². The lowest BCUT2D eigenvalue weighted by molar-refractivity contribution is -0.199. The van der Waals surface area contributed by atoms with Crippen LogP contribution in [-0.4, -0.2) is 54.9 Å². The third-order valence-corrected chi connectivity index (χ3v) is 2.75. The van der Waals surface area contributed by atoms with E-state index in [1.807, 2.05) is 0 Å². The van der Waals surface area contributed by atoms with Gasteiger partial charge in [-0.2, -0.15) is 13.2 Å². The summed E-state index contributed by atoms with van der Waals surface area (Å²) in [4.78, 5) is 14.7. The lowest BCUT2D eigenvalue weighted by Crippen LogP contribution is -2.51. The highest BCUT2D eigenvalue weighted by molar-refractivity contribution is 5.81. The molecule has 4 N–H and O–H groups in total. The summed E-state index contributed by atoms with van der Waals surface area (Å²) in [7, 11) is 0. The fraction of sp³-hybridized carbons (Fsp3) is 0.818. The highest BCUT2D eigenvalue weighted by atomic mass is 19.4. The summed E-state index contributed by atoms with van der Waals surface area (Å²) < 4.78 is 36.5. The standard InChI is InChI=1S/C11H19F3N4O2/c1-2-15-10(17-6-8(19)11(12,13)14)18-7-3-4-9(20)16-5-7/h7-8,19H,2-6H2,1H3,(H,16,20)(H2,15,17,18). The summed E-state index contributed by atoms with van der Waals surface area (Å²) in [6.07, 6.45) is -6.22. The van der Waals surface area contributed by atoms with E-state index in [1.54, 1.807) is 6.92 Å². The Morgan fingerprint density at radius 3 is 2.80 bits per heavy atom. The third-order valence-electron chi connectivity index (χ3n) is 2.75. The Bertz CT molecular complexity index is 350. The zero-order valence-corrected chi connectivity index (χ0v) is 11.1. The number of hydrogen-bond donors (Lipinski definition) is 4. The molecule has 1 aliphatic heterocycles. The van der Waals surface area contributed by atoms with Crippen LogP contribution in [0, 0.1) is 0 Å². The van der Waals surface area contributed by atoms with E-state index in [2.05, 4.69) is 20.9 Å². The lowest BCUT2D eigenvalue weighted by Gasteiger charge is -2.25. The molecule has 2 atom stereocenters. The quantitative estimate of drug-likeness (QED) is 0.425. The van der Waals surface area contributed by atoms with E-state index in [1.165, 1.54) is 0 Å². The molecule has 1 fully saturated rings. The molecule has 1 saturated heterocycles. The maximum atomic E-state index is 12.2. The van der Waals surface area contributed by atoms with Crippen LogP contribution in [0.15, 0.2) is 4.99 Å². The molecule has 1 aliphatic rings. The van der Waals surface area contributed by atoms with Gasteiger partial charge in [0.15, 0.2) is 12.1 Å². The van der Waals surface area contributed by atoms with Gasteiger partial charge in [-0.25, -0.2) is 0 Å². The SMILES string of the molecule is CCNC(=NCC(O)C(F)(F)F)NC1CCC(=O)NC1. The number of aliphatic imine (C=N–C) groups is 1. The first-order valence-corrected chi connectivity index (χ1v) is 6.39. The van der Waals surface area contributed by atoms with Crippen molar-refractivity contribution in [1.29, 1.82) is 0 Å². The second kappa shape index (κ2) is 7.32. The molecule has 0 spiro atoms. The molecule has 0 aromatic carbocycles. The number of hydrogen-bond acceptors (Lipinski definition) is 3. The average molecular weight is 296 g/mol. The highest BCUT2D eigenvalue weighted by Crippen LogP contribution is 2.19. The van der Waals surface area contributed by atoms with Gasteiger partial charge in [-0.15, -0.1) is 0 Å². The fourth-order valence-electron chi connectivity index (χ4n) is 1.65. The molecule has 9 heteroatoms. The molecule has 116 valence electrons. The van der Waals surface area contributed by atoms with Crippen molar-refractivity contribution in [3.63, 3.8) is 0 Å². The van der Waals surface area contributed by atoms with Crippen molar-refractivity contribution >= 4 is 11.9 Å². The first-order valence-electron chi connectivity index (χ1n) is 6.39. The summed E-state index contributed by atoms with van der Waals surface area (Å²) >= 11 is 0. The second-order valence-electron chi connectivity index (χ2n) is 4.46. The molecule has 0 bridgehead atoms. The lowest BCUT2D eigenvalue weighted by atomic mass is 10.1. The number of amides is 1. The number of alkyl halides is 3. The zero-order chi connectivity index (χ0) is 15.2. The topological polar surface area (TPSA) is 85.8 Å². The number of aliphatic hydroxyl groups is 1. The maximum absolute atomic E-state index is 12.2. The molecular formula is C11H19F3N4O2. The van der Waals surface area contributed by atoms with Gasteiger partial charge in [0.05, 0.1) is 6.54 Å². The number of nitrogens with zero attached hydrogens (tertiary/aromatic N) is 1. The van der Waals surface area contributed by atoms with Crippen LogP contribution in [0.4, 0.5) is 13.2 Å². The molecule has 2 unspecified atom stereocenters. The number of piperidine rings is 1. The van der Waals surface area contributed by atoms with E-state index in [4.69, 9.17) is 5.11 Å². The Morgan fingerprint density at radius 2 is 2.30 bits per heavy atom. The molecule has 6 nitrogen and oxygen atoms in total. The number of aliphatic hydroxyl groups excluding tert-OH is 1. The number of guanidine groups is 1. The predicted octanol–water partition coefficient (Wildman–Crippen LogP) is -0.257. The van der Waals surface area contributed by atoms with E-state index >= 15 is 0 Å². The molecular weight excluding hydrogens is 277 g/mol. The second-order valence-corrected chi connectivity index (χ2v) is 4.46. The number of nitrogens with one attached hydrogen (secondary N) is 3. The van der Waals surface area contributed by atoms with Crippen LogP contribution in [0.2, 0.25) is 0 Å². The summed E-state index contributed by atoms with van der Waals surface area (Å²) in [5, 5.41) is 17.3. The van der Waals surface area contributed by atoms with Crippen molar-refractivity contribution in [3.05, 3.63) is 0 Å². The van der Waals surface area contributed by atoms with Crippen molar-refractivity contribution in [2.24, 2.45) is 4.99 Å². The summed E-state index contributed by atoms with van der Waals surface area (Å²) in [5.41, 5.74) is 0. The maximum Gasteiger partial charge on any atom is 0.416 e. The van der Waals surface area contributed by atoms with Crippen molar-refractivity contribution in [3.8, 4) is 0 Å². The van der Waals surface area contributed by atoms with Gasteiger partial charge in [0.1, 0.15) is 0 Å². The van der Waals surface area contributed by atoms with Gasteiger partial charge in [-0.05, 0) is 13.3 Å². The zero-order valence-electron chi connectivity index (χ0n) is 11.1. The minimum atomic E-state index is -4.68. The molecule has 0 saturated carbocycles. The Kier molecular flexibility index (Phi) is 6.05. The van der Waals surface area contributed by atoms with Crippen LogP contribution in [0.25, 0.3) is 0 Å². The van der Waals surface area contributed by atoms with E-state index < -0.39 is 18.8 Å². The molecule has 1 amide bonds. The van der Waals surface area contributed by atoms with Gasteiger partial charge in [-0.3, -0.25) is 9.79 Å². The van der Waals surface area contributed by atoms with Crippen LogP contribution < -0.4 is 16.0 Å². The van der Waals surface area contributed by atoms with E-state index in [0.29, 0.717) is 25.9 Å². The van der Waals surface area contributed by atoms with Crippen molar-refractivity contribution in [1.82, 2.24) is 16.0 Å². The van der Waals surface area contributed by atoms with Crippen molar-refractivity contribution in [2.45, 2.75) is 38.1 Å². The first kappa shape index (κ1) is 16.5. The van der Waals surface area contributed by atoms with Crippen LogP contribution in [0.1, 0.15) is 19.8 Å². The Morgan fingerprint density at radius 1 is 1.60 bits per heavy atom. The minimum absolute atomic E-state index is 0.0440. The van der Waals surface area contributed by atoms with Gasteiger partial charge in [0.2, 0.25) is 5.91 Å². The third kappa shape index (κ3) is 5.64. The normalized spacial score (nSPS) is 22.1. The van der Waals surface area contributed by atoms with Gasteiger partial charge in [0, 0.05) is 25.6 Å². The number of rotatable bonds is 4. The molecule has 1 heterocycles.